The van der Waals surface area contributed by atoms with Gasteiger partial charge in [-0.2, -0.15) is 0 Å². The molecule has 0 bridgehead atoms. The van der Waals surface area contributed by atoms with Crippen LogP contribution < -0.4 is 15.4 Å². The predicted octanol–water partition coefficient (Wildman–Crippen LogP) is 1.84. The molecule has 0 radical (unpaired) electrons. The number of carbonyl (C=O) groups excluding carboxylic acids is 1. The zero-order valence-electron chi connectivity index (χ0n) is 12.2. The zero-order valence-corrected chi connectivity index (χ0v) is 12.2. The molecule has 4 nitrogen and oxygen atoms in total. The summed E-state index contributed by atoms with van der Waals surface area (Å²) in [5, 5.41) is 6.26. The molecule has 1 spiro atoms. The number of ether oxygens (including phenoxy) is 1. The smallest absolute Gasteiger partial charge is 0.223 e. The largest absolute Gasteiger partial charge is 0.494 e. The highest BCUT2D eigenvalue weighted by atomic mass is 19.1. The fraction of sp³-hybridized carbons (Fsp3) is 0.562. The van der Waals surface area contributed by atoms with Crippen molar-refractivity contribution in [3.05, 3.63) is 29.6 Å². The molecule has 1 aromatic rings. The van der Waals surface area contributed by atoms with Crippen molar-refractivity contribution in [2.24, 2.45) is 11.3 Å². The molecular weight excluding hydrogens is 271 g/mol. The Morgan fingerprint density at radius 1 is 1.48 bits per heavy atom. The van der Waals surface area contributed by atoms with Crippen LogP contribution in [-0.4, -0.2) is 26.1 Å². The summed E-state index contributed by atoms with van der Waals surface area (Å²) in [5.74, 6) is 0.0715. The number of piperidine rings is 1. The Morgan fingerprint density at radius 3 is 2.90 bits per heavy atom. The third-order valence-corrected chi connectivity index (χ3v) is 4.79. The highest BCUT2D eigenvalue weighted by Gasteiger charge is 2.57. The van der Waals surface area contributed by atoms with Crippen molar-refractivity contribution in [1.29, 1.82) is 0 Å². The molecule has 1 amide bonds. The van der Waals surface area contributed by atoms with E-state index in [0.717, 1.165) is 37.9 Å². The lowest BCUT2D eigenvalue weighted by molar-refractivity contribution is -0.123. The molecule has 2 aliphatic rings. The van der Waals surface area contributed by atoms with Gasteiger partial charge < -0.3 is 15.4 Å². The van der Waals surface area contributed by atoms with Crippen LogP contribution in [0.25, 0.3) is 0 Å². The molecular formula is C16H21FN2O2. The summed E-state index contributed by atoms with van der Waals surface area (Å²) in [5.41, 5.74) is 0.988. The first kappa shape index (κ1) is 14.3. The summed E-state index contributed by atoms with van der Waals surface area (Å²) in [7, 11) is 1.44. The first-order valence-electron chi connectivity index (χ1n) is 7.45. The highest BCUT2D eigenvalue weighted by molar-refractivity contribution is 5.82. The molecule has 1 aliphatic heterocycles. The normalized spacial score (nSPS) is 22.9. The maximum atomic E-state index is 13.6. The number of methoxy groups -OCH3 is 1. The van der Waals surface area contributed by atoms with E-state index >= 15 is 0 Å². The topological polar surface area (TPSA) is 50.4 Å². The second kappa shape index (κ2) is 5.64. The number of halogens is 1. The van der Waals surface area contributed by atoms with Crippen molar-refractivity contribution in [1.82, 2.24) is 10.6 Å². The SMILES string of the molecule is COc1ccc(CNC(=O)C2CC23CCNCC3)cc1F. The molecule has 1 saturated carbocycles. The lowest BCUT2D eigenvalue weighted by Gasteiger charge is -2.23. The minimum Gasteiger partial charge on any atom is -0.494 e. The van der Waals surface area contributed by atoms with E-state index in [9.17, 15) is 9.18 Å². The van der Waals surface area contributed by atoms with Gasteiger partial charge in [-0.25, -0.2) is 4.39 Å². The number of benzene rings is 1. The zero-order chi connectivity index (χ0) is 14.9. The number of nitrogens with one attached hydrogen (secondary N) is 2. The van der Waals surface area contributed by atoms with E-state index in [1.807, 2.05) is 0 Å². The van der Waals surface area contributed by atoms with Gasteiger partial charge in [0.15, 0.2) is 11.6 Å². The Labute approximate surface area is 124 Å². The average Bonchev–Trinajstić information content (AvgIpc) is 3.19. The van der Waals surface area contributed by atoms with Crippen molar-refractivity contribution in [3.63, 3.8) is 0 Å². The summed E-state index contributed by atoms with van der Waals surface area (Å²) in [6, 6.07) is 4.77. The van der Waals surface area contributed by atoms with Gasteiger partial charge in [0.25, 0.3) is 0 Å². The van der Waals surface area contributed by atoms with Gasteiger partial charge in [0, 0.05) is 12.5 Å². The lowest BCUT2D eigenvalue weighted by Crippen LogP contribution is -2.33. The first-order chi connectivity index (χ1) is 10.1. The van der Waals surface area contributed by atoms with Gasteiger partial charge in [0.05, 0.1) is 7.11 Å². The molecule has 2 N–H and O–H groups in total. The Kier molecular flexibility index (Phi) is 3.85. The van der Waals surface area contributed by atoms with Gasteiger partial charge in [-0.1, -0.05) is 6.07 Å². The molecule has 21 heavy (non-hydrogen) atoms. The second-order valence-corrected chi connectivity index (χ2v) is 6.06. The van der Waals surface area contributed by atoms with Crippen molar-refractivity contribution < 1.29 is 13.9 Å². The quantitative estimate of drug-likeness (QED) is 0.890. The standard InChI is InChI=1S/C16H21FN2O2/c1-21-14-3-2-11(8-13(14)17)10-19-15(20)12-9-16(12)4-6-18-7-5-16/h2-3,8,12,18H,4-7,9-10H2,1H3,(H,19,20). The molecule has 5 heteroatoms. The van der Waals surface area contributed by atoms with Crippen LogP contribution in [0, 0.1) is 17.2 Å². The maximum Gasteiger partial charge on any atom is 0.223 e. The Morgan fingerprint density at radius 2 is 2.24 bits per heavy atom. The third kappa shape index (κ3) is 2.88. The lowest BCUT2D eigenvalue weighted by atomic mass is 9.92. The van der Waals surface area contributed by atoms with Crippen molar-refractivity contribution in [2.45, 2.75) is 25.8 Å². The molecule has 114 valence electrons. The summed E-state index contributed by atoms with van der Waals surface area (Å²) in [6.07, 6.45) is 3.17. The van der Waals surface area contributed by atoms with Crippen LogP contribution in [0.15, 0.2) is 18.2 Å². The van der Waals surface area contributed by atoms with Crippen molar-refractivity contribution in [2.75, 3.05) is 20.2 Å². The van der Waals surface area contributed by atoms with Gasteiger partial charge in [-0.05, 0) is 55.5 Å². The van der Waals surface area contributed by atoms with Crippen LogP contribution in [0.2, 0.25) is 0 Å². The number of rotatable bonds is 4. The van der Waals surface area contributed by atoms with Crippen molar-refractivity contribution >= 4 is 5.91 Å². The van der Waals surface area contributed by atoms with Crippen LogP contribution in [0.1, 0.15) is 24.8 Å². The third-order valence-electron chi connectivity index (χ3n) is 4.79. The fourth-order valence-electron chi connectivity index (χ4n) is 3.33. The maximum absolute atomic E-state index is 13.6. The monoisotopic (exact) mass is 292 g/mol. The van der Waals surface area contributed by atoms with Gasteiger partial charge >= 0.3 is 0 Å². The van der Waals surface area contributed by atoms with Gasteiger partial charge in [0.1, 0.15) is 0 Å². The van der Waals surface area contributed by atoms with E-state index in [0.29, 0.717) is 6.54 Å². The van der Waals surface area contributed by atoms with Crippen LogP contribution in [0.5, 0.6) is 5.75 Å². The molecule has 1 atom stereocenters. The van der Waals surface area contributed by atoms with E-state index < -0.39 is 5.82 Å². The predicted molar refractivity (Wildman–Crippen MR) is 77.4 cm³/mol. The van der Waals surface area contributed by atoms with Gasteiger partial charge in [0.2, 0.25) is 5.91 Å². The van der Waals surface area contributed by atoms with Gasteiger partial charge in [-0.3, -0.25) is 4.79 Å². The molecule has 0 aromatic heterocycles. The molecule has 1 unspecified atom stereocenters. The van der Waals surface area contributed by atoms with E-state index in [1.165, 1.54) is 13.2 Å². The van der Waals surface area contributed by atoms with E-state index in [1.54, 1.807) is 12.1 Å². The molecule has 1 heterocycles. The first-order valence-corrected chi connectivity index (χ1v) is 7.45. The number of hydrogen-bond acceptors (Lipinski definition) is 3. The Hall–Kier alpha value is -1.62. The molecule has 1 aromatic carbocycles. The molecule has 1 saturated heterocycles. The van der Waals surface area contributed by atoms with Crippen LogP contribution in [0.3, 0.4) is 0 Å². The fourth-order valence-corrected chi connectivity index (χ4v) is 3.33. The second-order valence-electron chi connectivity index (χ2n) is 6.06. The van der Waals surface area contributed by atoms with Crippen LogP contribution in [0.4, 0.5) is 4.39 Å². The van der Waals surface area contributed by atoms with E-state index in [4.69, 9.17) is 4.74 Å². The molecule has 2 fully saturated rings. The number of amides is 1. The molecule has 1 aliphatic carbocycles. The minimum atomic E-state index is -0.398. The van der Waals surface area contributed by atoms with E-state index in [-0.39, 0.29) is 23.0 Å². The van der Waals surface area contributed by atoms with Crippen LogP contribution >= 0.6 is 0 Å². The Bertz CT molecular complexity index is 541. The highest BCUT2D eigenvalue weighted by Crippen LogP contribution is 2.58. The van der Waals surface area contributed by atoms with E-state index in [2.05, 4.69) is 10.6 Å². The van der Waals surface area contributed by atoms with Gasteiger partial charge in [-0.15, -0.1) is 0 Å². The summed E-state index contributed by atoms with van der Waals surface area (Å²) in [4.78, 5) is 12.2. The minimum absolute atomic E-state index is 0.105. The summed E-state index contributed by atoms with van der Waals surface area (Å²) in [6.45, 7) is 2.38. The van der Waals surface area contributed by atoms with Crippen molar-refractivity contribution in [3.8, 4) is 5.75 Å². The number of hydrogen-bond donors (Lipinski definition) is 2. The van der Waals surface area contributed by atoms with Crippen LogP contribution in [-0.2, 0) is 11.3 Å². The summed E-state index contributed by atoms with van der Waals surface area (Å²) < 4.78 is 18.5. The Balaban J connectivity index is 1.53. The number of carbonyl (C=O) groups is 1. The molecule has 3 rings (SSSR count). The summed E-state index contributed by atoms with van der Waals surface area (Å²) >= 11 is 0. The average molecular weight is 292 g/mol.